The standard InChI is InChI=1S/C15H25N7O2S.HI/c1-3-16-15(17-9-7-10-19-25(23,24)4-2)18-12-14-21-20-13-8-5-6-11-22(13)14;/h5-6,8,11,19H,3-4,7,9-10,12H2,1-2H3,(H2,16,17,18);1H. The van der Waals surface area contributed by atoms with Gasteiger partial charge in [-0.15, -0.1) is 34.2 Å². The highest BCUT2D eigenvalue weighted by atomic mass is 127. The summed E-state index contributed by atoms with van der Waals surface area (Å²) in [5.41, 5.74) is 0.786. The molecule has 146 valence electrons. The summed E-state index contributed by atoms with van der Waals surface area (Å²) in [7, 11) is -3.13. The van der Waals surface area contributed by atoms with Crippen LogP contribution in [0.25, 0.3) is 5.65 Å². The summed E-state index contributed by atoms with van der Waals surface area (Å²) in [6.45, 7) is 5.73. The number of sulfonamides is 1. The predicted octanol–water partition coefficient (Wildman–Crippen LogP) is 0.732. The van der Waals surface area contributed by atoms with Crippen molar-refractivity contribution in [2.24, 2.45) is 4.99 Å². The Morgan fingerprint density at radius 1 is 1.19 bits per heavy atom. The second-order valence-corrected chi connectivity index (χ2v) is 7.41. The lowest BCUT2D eigenvalue weighted by molar-refractivity contribution is 0.579. The molecule has 3 N–H and O–H groups in total. The average molecular weight is 495 g/mol. The molecule has 0 spiro atoms. The Labute approximate surface area is 171 Å². The van der Waals surface area contributed by atoms with Crippen molar-refractivity contribution in [3.8, 4) is 0 Å². The van der Waals surface area contributed by atoms with Crippen LogP contribution in [0.1, 0.15) is 26.1 Å². The fourth-order valence-electron chi connectivity index (χ4n) is 2.12. The molecular weight excluding hydrogens is 469 g/mol. The summed E-state index contributed by atoms with van der Waals surface area (Å²) in [4.78, 5) is 4.50. The molecule has 0 saturated heterocycles. The Kier molecular flexibility index (Phi) is 9.80. The van der Waals surface area contributed by atoms with Gasteiger partial charge in [0.1, 0.15) is 6.54 Å². The van der Waals surface area contributed by atoms with E-state index >= 15 is 0 Å². The predicted molar refractivity (Wildman–Crippen MR) is 113 cm³/mol. The van der Waals surface area contributed by atoms with Crippen molar-refractivity contribution in [1.82, 2.24) is 30.0 Å². The number of rotatable bonds is 9. The lowest BCUT2D eigenvalue weighted by Gasteiger charge is -2.11. The van der Waals surface area contributed by atoms with Crippen molar-refractivity contribution in [3.05, 3.63) is 30.2 Å². The molecule has 0 saturated carbocycles. The number of fused-ring (bicyclic) bond motifs is 1. The molecule has 0 fully saturated rings. The van der Waals surface area contributed by atoms with Crippen LogP contribution in [-0.2, 0) is 16.6 Å². The molecule has 9 nitrogen and oxygen atoms in total. The minimum Gasteiger partial charge on any atom is -0.357 e. The van der Waals surface area contributed by atoms with Gasteiger partial charge in [0, 0.05) is 25.8 Å². The van der Waals surface area contributed by atoms with Gasteiger partial charge >= 0.3 is 0 Å². The third kappa shape index (κ3) is 7.03. The molecule has 0 aliphatic heterocycles. The molecule has 2 aromatic rings. The Morgan fingerprint density at radius 3 is 2.73 bits per heavy atom. The molecule has 2 rings (SSSR count). The Hall–Kier alpha value is -1.47. The van der Waals surface area contributed by atoms with Crippen molar-refractivity contribution in [2.75, 3.05) is 25.4 Å². The first-order valence-corrected chi connectivity index (χ1v) is 9.99. The van der Waals surface area contributed by atoms with Gasteiger partial charge in [0.05, 0.1) is 5.75 Å². The smallest absolute Gasteiger partial charge is 0.211 e. The van der Waals surface area contributed by atoms with Crippen LogP contribution in [-0.4, -0.2) is 54.4 Å². The van der Waals surface area contributed by atoms with Gasteiger partial charge in [-0.1, -0.05) is 6.07 Å². The Bertz CT molecular complexity index is 807. The van der Waals surface area contributed by atoms with Gasteiger partial charge in [0.15, 0.2) is 17.4 Å². The first-order valence-electron chi connectivity index (χ1n) is 8.34. The highest BCUT2D eigenvalue weighted by Gasteiger charge is 2.06. The maximum absolute atomic E-state index is 11.4. The maximum atomic E-state index is 11.4. The van der Waals surface area contributed by atoms with E-state index in [0.29, 0.717) is 32.0 Å². The van der Waals surface area contributed by atoms with Gasteiger partial charge in [-0.25, -0.2) is 18.1 Å². The van der Waals surface area contributed by atoms with Gasteiger partial charge in [-0.2, -0.15) is 0 Å². The van der Waals surface area contributed by atoms with E-state index in [1.807, 2.05) is 35.7 Å². The number of guanidine groups is 1. The molecule has 2 heterocycles. The number of hydrogen-bond donors (Lipinski definition) is 3. The lowest BCUT2D eigenvalue weighted by atomic mass is 10.4. The summed E-state index contributed by atoms with van der Waals surface area (Å²) >= 11 is 0. The number of nitrogens with one attached hydrogen (secondary N) is 3. The van der Waals surface area contributed by atoms with E-state index in [0.717, 1.165) is 18.0 Å². The van der Waals surface area contributed by atoms with Crippen molar-refractivity contribution < 1.29 is 8.42 Å². The molecule has 0 radical (unpaired) electrons. The van der Waals surface area contributed by atoms with Crippen LogP contribution in [0.5, 0.6) is 0 Å². The Balaban J connectivity index is 0.00000338. The highest BCUT2D eigenvalue weighted by molar-refractivity contribution is 14.0. The summed E-state index contributed by atoms with van der Waals surface area (Å²) in [6.07, 6.45) is 2.57. The molecule has 26 heavy (non-hydrogen) atoms. The Morgan fingerprint density at radius 2 is 2.00 bits per heavy atom. The fourth-order valence-corrected chi connectivity index (χ4v) is 2.77. The number of aromatic nitrogens is 3. The van der Waals surface area contributed by atoms with E-state index in [1.54, 1.807) is 6.92 Å². The van der Waals surface area contributed by atoms with Crippen LogP contribution in [0.3, 0.4) is 0 Å². The number of aliphatic imine (C=N–C) groups is 1. The first-order chi connectivity index (χ1) is 12.1. The molecule has 2 aromatic heterocycles. The van der Waals surface area contributed by atoms with E-state index in [1.165, 1.54) is 0 Å². The molecule has 0 aromatic carbocycles. The van der Waals surface area contributed by atoms with Crippen molar-refractivity contribution in [3.63, 3.8) is 0 Å². The second-order valence-electron chi connectivity index (χ2n) is 5.32. The average Bonchev–Trinajstić information content (AvgIpc) is 3.02. The van der Waals surface area contributed by atoms with Crippen LogP contribution in [0.15, 0.2) is 29.4 Å². The van der Waals surface area contributed by atoms with Gasteiger partial charge in [-0.05, 0) is 32.4 Å². The zero-order chi connectivity index (χ0) is 18.1. The summed E-state index contributed by atoms with van der Waals surface area (Å²) < 4.78 is 27.1. The van der Waals surface area contributed by atoms with Crippen molar-refractivity contribution >= 4 is 45.6 Å². The van der Waals surface area contributed by atoms with Gasteiger partial charge < -0.3 is 10.6 Å². The zero-order valence-corrected chi connectivity index (χ0v) is 18.1. The van der Waals surface area contributed by atoms with Crippen molar-refractivity contribution in [2.45, 2.75) is 26.8 Å². The first kappa shape index (κ1) is 22.6. The number of halogens is 1. The SMILES string of the molecule is CCNC(=NCc1nnc2ccccn12)NCCCNS(=O)(=O)CC.I. The molecular formula is C15H26IN7O2S. The normalized spacial score (nSPS) is 12.0. The van der Waals surface area contributed by atoms with E-state index in [-0.39, 0.29) is 29.7 Å². The van der Waals surface area contributed by atoms with E-state index in [4.69, 9.17) is 0 Å². The van der Waals surface area contributed by atoms with E-state index in [2.05, 4.69) is 30.5 Å². The molecule has 0 bridgehead atoms. The van der Waals surface area contributed by atoms with Crippen molar-refractivity contribution in [1.29, 1.82) is 0 Å². The maximum Gasteiger partial charge on any atom is 0.211 e. The summed E-state index contributed by atoms with van der Waals surface area (Å²) in [5, 5.41) is 14.6. The molecule has 0 aliphatic rings. The minimum atomic E-state index is -3.13. The number of nitrogens with zero attached hydrogens (tertiary/aromatic N) is 4. The number of pyridine rings is 1. The minimum absolute atomic E-state index is 0. The quantitative estimate of drug-likeness (QED) is 0.205. The summed E-state index contributed by atoms with van der Waals surface area (Å²) in [6, 6.07) is 5.72. The van der Waals surface area contributed by atoms with E-state index < -0.39 is 10.0 Å². The molecule has 11 heteroatoms. The molecule has 0 amide bonds. The van der Waals surface area contributed by atoms with Crippen LogP contribution in [0.4, 0.5) is 0 Å². The van der Waals surface area contributed by atoms with Gasteiger partial charge in [-0.3, -0.25) is 4.40 Å². The van der Waals surface area contributed by atoms with Crippen LogP contribution >= 0.6 is 24.0 Å². The van der Waals surface area contributed by atoms with Gasteiger partial charge in [0.2, 0.25) is 10.0 Å². The van der Waals surface area contributed by atoms with Crippen LogP contribution in [0.2, 0.25) is 0 Å². The topological polar surface area (TPSA) is 113 Å². The monoisotopic (exact) mass is 495 g/mol. The molecule has 0 aliphatic carbocycles. The second kappa shape index (κ2) is 11.3. The molecule has 0 atom stereocenters. The summed E-state index contributed by atoms with van der Waals surface area (Å²) in [5.74, 6) is 1.51. The molecule has 0 unspecified atom stereocenters. The third-order valence-corrected chi connectivity index (χ3v) is 4.86. The fraction of sp³-hybridized carbons (Fsp3) is 0.533. The van der Waals surface area contributed by atoms with E-state index in [9.17, 15) is 8.42 Å². The van der Waals surface area contributed by atoms with Gasteiger partial charge in [0.25, 0.3) is 0 Å². The van der Waals surface area contributed by atoms with Crippen LogP contribution in [0, 0.1) is 0 Å². The third-order valence-electron chi connectivity index (χ3n) is 3.46. The van der Waals surface area contributed by atoms with Crippen LogP contribution < -0.4 is 15.4 Å². The lowest BCUT2D eigenvalue weighted by Crippen LogP contribution is -2.39. The largest absolute Gasteiger partial charge is 0.357 e. The zero-order valence-electron chi connectivity index (χ0n) is 15.0. The number of hydrogen-bond acceptors (Lipinski definition) is 5. The highest BCUT2D eigenvalue weighted by Crippen LogP contribution is 2.03.